The number of alkyl halides is 3. The lowest BCUT2D eigenvalue weighted by Crippen LogP contribution is -2.56. The molecule has 38 heavy (non-hydrogen) atoms. The van der Waals surface area contributed by atoms with E-state index in [0.717, 1.165) is 12.1 Å². The van der Waals surface area contributed by atoms with E-state index in [4.69, 9.17) is 0 Å². The number of likely N-dealkylation sites (N-methyl/N-ethyl adjacent to an activating group) is 1. The molecular weight excluding hydrogens is 502 g/mol. The highest BCUT2D eigenvalue weighted by Gasteiger charge is 2.34. The fourth-order valence-corrected chi connectivity index (χ4v) is 4.53. The molecule has 0 unspecified atom stereocenters. The van der Waals surface area contributed by atoms with Crippen molar-refractivity contribution in [3.05, 3.63) is 65.7 Å². The van der Waals surface area contributed by atoms with E-state index in [9.17, 15) is 22.4 Å². The van der Waals surface area contributed by atoms with Gasteiger partial charge < -0.3 is 15.2 Å². The van der Waals surface area contributed by atoms with E-state index in [0.29, 0.717) is 41.5 Å². The minimum absolute atomic E-state index is 0.0850. The molecule has 0 bridgehead atoms. The number of nitrogens with zero attached hydrogens (tertiary/aromatic N) is 5. The average Bonchev–Trinajstić information content (AvgIpc) is 3.27. The number of aromatic nitrogens is 4. The minimum atomic E-state index is -4.82. The third-order valence-electron chi connectivity index (χ3n) is 6.84. The Labute approximate surface area is 215 Å². The van der Waals surface area contributed by atoms with Crippen molar-refractivity contribution >= 4 is 28.7 Å². The molecule has 3 aromatic heterocycles. The number of carbonyl (C=O) groups excluding carboxylic acids is 1. The summed E-state index contributed by atoms with van der Waals surface area (Å²) in [6.45, 7) is 5.43. The first-order valence-electron chi connectivity index (χ1n) is 12.0. The van der Waals surface area contributed by atoms with Crippen LogP contribution in [-0.2, 0) is 6.18 Å². The molecule has 1 fully saturated rings. The minimum Gasteiger partial charge on any atom is -0.336 e. The number of H-pyrrole nitrogens is 1. The Morgan fingerprint density at radius 3 is 2.53 bits per heavy atom. The molecule has 1 saturated heterocycles. The van der Waals surface area contributed by atoms with Crippen LogP contribution in [0.4, 0.5) is 29.3 Å². The molecule has 0 saturated carbocycles. The maximum absolute atomic E-state index is 13.7. The molecule has 4 heterocycles. The number of aromatic amines is 1. The summed E-state index contributed by atoms with van der Waals surface area (Å²) in [6, 6.07) is 8.02. The quantitative estimate of drug-likeness (QED) is 0.360. The first kappa shape index (κ1) is 25.6. The van der Waals surface area contributed by atoms with Gasteiger partial charge in [0, 0.05) is 42.5 Å². The van der Waals surface area contributed by atoms with Gasteiger partial charge in [-0.15, -0.1) is 0 Å². The van der Waals surface area contributed by atoms with Crippen LogP contribution in [0, 0.1) is 5.82 Å². The van der Waals surface area contributed by atoms with Crippen LogP contribution in [-0.4, -0.2) is 67.9 Å². The standard InChI is InChI=1S/C26H25F4N7O/c1-14-12-37(13-15(2)36(14)3)24(38)17-6-7-31-23(9-17)35-25-33-21-10-20(32-11-22(21)34-25)16-4-5-19(27)18(8-16)26(28,29)30/h4-11,14-15H,12-13H2,1-3H3,(H2,31,33,34,35)/t14-,15+. The number of carbonyl (C=O) groups is 1. The summed E-state index contributed by atoms with van der Waals surface area (Å²) in [5.74, 6) is -0.726. The third-order valence-corrected chi connectivity index (χ3v) is 6.84. The summed E-state index contributed by atoms with van der Waals surface area (Å²) in [5, 5.41) is 3.03. The molecule has 8 nitrogen and oxygen atoms in total. The average molecular weight is 528 g/mol. The molecule has 2 N–H and O–H groups in total. The number of amides is 1. The molecule has 0 aliphatic carbocycles. The second-order valence-corrected chi connectivity index (χ2v) is 9.49. The third kappa shape index (κ3) is 5.03. The van der Waals surface area contributed by atoms with E-state index in [1.165, 1.54) is 24.5 Å². The second kappa shape index (κ2) is 9.67. The molecule has 1 amide bonds. The summed E-state index contributed by atoms with van der Waals surface area (Å²) < 4.78 is 53.1. The summed E-state index contributed by atoms with van der Waals surface area (Å²) in [7, 11) is 2.05. The molecule has 5 rings (SSSR count). The Balaban J connectivity index is 1.36. The summed E-state index contributed by atoms with van der Waals surface area (Å²) >= 11 is 0. The normalized spacial score (nSPS) is 18.7. The topological polar surface area (TPSA) is 90.0 Å². The van der Waals surface area contributed by atoms with Crippen molar-refractivity contribution in [3.8, 4) is 11.3 Å². The van der Waals surface area contributed by atoms with E-state index < -0.39 is 17.6 Å². The van der Waals surface area contributed by atoms with E-state index >= 15 is 0 Å². The van der Waals surface area contributed by atoms with Crippen LogP contribution in [0.5, 0.6) is 0 Å². The lowest BCUT2D eigenvalue weighted by atomic mass is 10.1. The van der Waals surface area contributed by atoms with Crippen molar-refractivity contribution in [3.63, 3.8) is 0 Å². The van der Waals surface area contributed by atoms with Gasteiger partial charge in [-0.2, -0.15) is 13.2 Å². The van der Waals surface area contributed by atoms with Crippen LogP contribution in [0.25, 0.3) is 22.3 Å². The highest BCUT2D eigenvalue weighted by molar-refractivity contribution is 5.95. The van der Waals surface area contributed by atoms with Gasteiger partial charge in [-0.05, 0) is 57.3 Å². The molecule has 1 aromatic carbocycles. The molecule has 12 heteroatoms. The van der Waals surface area contributed by atoms with Crippen LogP contribution in [0.2, 0.25) is 0 Å². The maximum Gasteiger partial charge on any atom is 0.419 e. The van der Waals surface area contributed by atoms with Crippen molar-refractivity contribution in [2.75, 3.05) is 25.5 Å². The second-order valence-electron chi connectivity index (χ2n) is 9.49. The largest absolute Gasteiger partial charge is 0.419 e. The molecule has 2 atom stereocenters. The van der Waals surface area contributed by atoms with E-state index in [1.807, 2.05) is 4.90 Å². The number of nitrogens with one attached hydrogen (secondary N) is 2. The van der Waals surface area contributed by atoms with Gasteiger partial charge in [0.25, 0.3) is 5.91 Å². The zero-order valence-electron chi connectivity index (χ0n) is 20.8. The molecular formula is C26H25F4N7O. The van der Waals surface area contributed by atoms with Crippen LogP contribution in [0.15, 0.2) is 48.8 Å². The lowest BCUT2D eigenvalue weighted by Gasteiger charge is -2.42. The molecule has 4 aromatic rings. The van der Waals surface area contributed by atoms with Gasteiger partial charge in [0.05, 0.1) is 28.5 Å². The fraction of sp³-hybridized carbons (Fsp3) is 0.308. The summed E-state index contributed by atoms with van der Waals surface area (Å²) in [5.41, 5.74) is 0.414. The zero-order chi connectivity index (χ0) is 27.2. The number of anilines is 2. The van der Waals surface area contributed by atoms with Gasteiger partial charge in [0.2, 0.25) is 5.95 Å². The van der Waals surface area contributed by atoms with Crippen molar-refractivity contribution < 1.29 is 22.4 Å². The first-order valence-corrected chi connectivity index (χ1v) is 12.0. The predicted octanol–water partition coefficient (Wildman–Crippen LogP) is 5.09. The number of benzene rings is 1. The molecule has 198 valence electrons. The number of pyridine rings is 2. The van der Waals surface area contributed by atoms with E-state index in [-0.39, 0.29) is 29.2 Å². The Bertz CT molecular complexity index is 1490. The smallest absolute Gasteiger partial charge is 0.336 e. The number of imidazole rings is 1. The Morgan fingerprint density at radius 2 is 1.82 bits per heavy atom. The monoisotopic (exact) mass is 527 g/mol. The first-order chi connectivity index (χ1) is 18.0. The molecule has 0 spiro atoms. The van der Waals surface area contributed by atoms with Crippen molar-refractivity contribution in [1.29, 1.82) is 0 Å². The molecule has 1 aliphatic heterocycles. The highest BCUT2D eigenvalue weighted by Crippen LogP contribution is 2.34. The number of hydrogen-bond donors (Lipinski definition) is 2. The van der Waals surface area contributed by atoms with Crippen LogP contribution in [0.3, 0.4) is 0 Å². The van der Waals surface area contributed by atoms with Gasteiger partial charge in [0.15, 0.2) is 0 Å². The van der Waals surface area contributed by atoms with Crippen molar-refractivity contribution in [2.24, 2.45) is 0 Å². The molecule has 0 radical (unpaired) electrons. The van der Waals surface area contributed by atoms with Gasteiger partial charge in [-0.3, -0.25) is 14.7 Å². The van der Waals surface area contributed by atoms with Crippen LogP contribution in [0.1, 0.15) is 29.8 Å². The van der Waals surface area contributed by atoms with Gasteiger partial charge in [-0.25, -0.2) is 14.4 Å². The summed E-state index contributed by atoms with van der Waals surface area (Å²) in [4.78, 5) is 33.2. The van der Waals surface area contributed by atoms with E-state index in [2.05, 4.69) is 51.0 Å². The zero-order valence-corrected chi connectivity index (χ0v) is 20.8. The lowest BCUT2D eigenvalue weighted by molar-refractivity contribution is -0.139. The van der Waals surface area contributed by atoms with Crippen molar-refractivity contribution in [2.45, 2.75) is 32.1 Å². The van der Waals surface area contributed by atoms with Gasteiger partial charge in [-0.1, -0.05) is 0 Å². The van der Waals surface area contributed by atoms with Crippen molar-refractivity contribution in [1.82, 2.24) is 29.7 Å². The number of fused-ring (bicyclic) bond motifs is 1. The number of hydrogen-bond acceptors (Lipinski definition) is 6. The van der Waals surface area contributed by atoms with Gasteiger partial charge in [0.1, 0.15) is 11.6 Å². The highest BCUT2D eigenvalue weighted by atomic mass is 19.4. The van der Waals surface area contributed by atoms with E-state index in [1.54, 1.807) is 12.1 Å². The predicted molar refractivity (Wildman–Crippen MR) is 134 cm³/mol. The number of halogens is 4. The Morgan fingerprint density at radius 1 is 1.08 bits per heavy atom. The Kier molecular flexibility index (Phi) is 6.51. The van der Waals surface area contributed by atoms with Crippen LogP contribution < -0.4 is 5.32 Å². The van der Waals surface area contributed by atoms with Crippen LogP contribution >= 0.6 is 0 Å². The number of piperazine rings is 1. The molecule has 1 aliphatic rings. The fourth-order valence-electron chi connectivity index (χ4n) is 4.53. The van der Waals surface area contributed by atoms with Gasteiger partial charge >= 0.3 is 6.18 Å². The maximum atomic E-state index is 13.7. The SMILES string of the molecule is C[C@@H]1CN(C(=O)c2ccnc(Nc3nc4cc(-c5ccc(F)c(C(F)(F)F)c5)ncc4[nH]3)c2)C[C@H](C)N1C. The number of rotatable bonds is 4. The Hall–Kier alpha value is -4.06. The summed E-state index contributed by atoms with van der Waals surface area (Å²) in [6.07, 6.45) is -1.85.